The van der Waals surface area contributed by atoms with Crippen LogP contribution in [0.2, 0.25) is 0 Å². The van der Waals surface area contributed by atoms with E-state index in [1.165, 1.54) is 24.8 Å². The van der Waals surface area contributed by atoms with Crippen LogP contribution in [0, 0.1) is 0 Å². The van der Waals surface area contributed by atoms with E-state index in [4.69, 9.17) is 9.47 Å². The first-order chi connectivity index (χ1) is 15.8. The highest BCUT2D eigenvalue weighted by Gasteiger charge is 2.43. The number of pyridine rings is 1. The summed E-state index contributed by atoms with van der Waals surface area (Å²) < 4.78 is 50.2. The van der Waals surface area contributed by atoms with Crippen molar-refractivity contribution in [1.29, 1.82) is 0 Å². The van der Waals surface area contributed by atoms with E-state index in [1.807, 2.05) is 0 Å². The molecule has 1 N–H and O–H groups in total. The van der Waals surface area contributed by atoms with Crippen molar-refractivity contribution in [3.63, 3.8) is 0 Å². The molecule has 0 bridgehead atoms. The molecule has 0 aliphatic carbocycles. The Hall–Kier alpha value is -4.28. The number of hydrogen-bond donors (Lipinski definition) is 1. The van der Waals surface area contributed by atoms with Gasteiger partial charge in [-0.3, -0.25) is 9.78 Å². The van der Waals surface area contributed by atoms with Crippen molar-refractivity contribution in [3.05, 3.63) is 66.4 Å². The number of alkyl halides is 3. The van der Waals surface area contributed by atoms with E-state index in [-0.39, 0.29) is 29.9 Å². The highest BCUT2D eigenvalue weighted by molar-refractivity contribution is 5.98. The van der Waals surface area contributed by atoms with Crippen molar-refractivity contribution >= 4 is 11.9 Å². The summed E-state index contributed by atoms with van der Waals surface area (Å²) in [7, 11) is 0. The lowest BCUT2D eigenvalue weighted by molar-refractivity contribution is -0.199. The molecule has 1 aromatic carbocycles. The van der Waals surface area contributed by atoms with Crippen molar-refractivity contribution in [3.8, 4) is 34.0 Å². The first-order valence-electron chi connectivity index (χ1n) is 9.73. The number of hydrogen-bond acceptors (Lipinski definition) is 6. The molecule has 2 aliphatic rings. The van der Waals surface area contributed by atoms with Gasteiger partial charge in [-0.05, 0) is 36.4 Å². The number of ether oxygens (including phenoxy) is 2. The van der Waals surface area contributed by atoms with E-state index < -0.39 is 18.1 Å². The van der Waals surface area contributed by atoms with Crippen LogP contribution in [0.4, 0.5) is 13.2 Å². The van der Waals surface area contributed by atoms with Crippen molar-refractivity contribution < 1.29 is 37.1 Å². The quantitative estimate of drug-likeness (QED) is 0.649. The molecule has 0 spiro atoms. The molecule has 33 heavy (non-hydrogen) atoms. The number of amides is 1. The molecule has 11 heteroatoms. The molecular weight excluding hydrogens is 443 g/mol. The fourth-order valence-corrected chi connectivity index (χ4v) is 3.60. The summed E-state index contributed by atoms with van der Waals surface area (Å²) in [4.78, 5) is 32.9. The zero-order chi connectivity index (χ0) is 23.2. The summed E-state index contributed by atoms with van der Waals surface area (Å²) in [6, 6.07) is 9.68. The predicted octanol–water partition coefficient (Wildman–Crippen LogP) is 3.26. The van der Waals surface area contributed by atoms with E-state index in [1.54, 1.807) is 30.3 Å². The van der Waals surface area contributed by atoms with Crippen molar-refractivity contribution in [2.75, 3.05) is 6.54 Å². The maximum Gasteiger partial charge on any atom is 0.493 e. The van der Waals surface area contributed by atoms with Crippen LogP contribution in [-0.4, -0.2) is 34.3 Å². The predicted molar refractivity (Wildman–Crippen MR) is 107 cm³/mol. The van der Waals surface area contributed by atoms with Gasteiger partial charge in [-0.15, -0.1) is 0 Å². The first-order valence-corrected chi connectivity index (χ1v) is 9.73. The fourth-order valence-electron chi connectivity index (χ4n) is 3.60. The van der Waals surface area contributed by atoms with Crippen LogP contribution in [0.15, 0.2) is 55.1 Å². The van der Waals surface area contributed by atoms with Crippen LogP contribution in [-0.2, 0) is 11.2 Å². The van der Waals surface area contributed by atoms with Crippen LogP contribution in [0.25, 0.3) is 22.5 Å². The maximum absolute atomic E-state index is 12.9. The third-order valence-corrected chi connectivity index (χ3v) is 5.09. The second-order valence-corrected chi connectivity index (χ2v) is 7.17. The second-order valence-electron chi connectivity index (χ2n) is 7.17. The van der Waals surface area contributed by atoms with Gasteiger partial charge in [-0.2, -0.15) is 17.9 Å². The minimum atomic E-state index is -5.20. The van der Waals surface area contributed by atoms with E-state index in [0.29, 0.717) is 28.3 Å². The Morgan fingerprint density at radius 1 is 1.06 bits per heavy atom. The third kappa shape index (κ3) is 3.77. The molecule has 5 rings (SSSR count). The SMILES string of the molecule is O=C1NCCc2c1cc(-c1ccnc(-c3ccc4c(c3)OC=CO4)c1)n2OC(=O)C(F)(F)F. The van der Waals surface area contributed by atoms with Crippen LogP contribution in [0.5, 0.6) is 11.5 Å². The molecule has 0 radical (unpaired) electrons. The molecule has 168 valence electrons. The first kappa shape index (κ1) is 20.6. The van der Waals surface area contributed by atoms with Crippen molar-refractivity contribution in [1.82, 2.24) is 15.0 Å². The smallest absolute Gasteiger partial charge is 0.458 e. The van der Waals surface area contributed by atoms with E-state index in [2.05, 4.69) is 15.1 Å². The van der Waals surface area contributed by atoms with Gasteiger partial charge in [0.2, 0.25) is 0 Å². The van der Waals surface area contributed by atoms with E-state index in [0.717, 1.165) is 4.73 Å². The fraction of sp³-hybridized carbons (Fsp3) is 0.136. The number of halogens is 3. The lowest BCUT2D eigenvalue weighted by Gasteiger charge is -2.17. The topological polar surface area (TPSA) is 91.7 Å². The normalized spacial score (nSPS) is 14.5. The van der Waals surface area contributed by atoms with Crippen LogP contribution in [0.1, 0.15) is 16.1 Å². The van der Waals surface area contributed by atoms with E-state index >= 15 is 0 Å². The van der Waals surface area contributed by atoms with Crippen LogP contribution in [0.3, 0.4) is 0 Å². The monoisotopic (exact) mass is 457 g/mol. The van der Waals surface area contributed by atoms with Crippen molar-refractivity contribution in [2.24, 2.45) is 0 Å². The Morgan fingerprint density at radius 3 is 2.64 bits per heavy atom. The Morgan fingerprint density at radius 2 is 1.85 bits per heavy atom. The van der Waals surface area contributed by atoms with Gasteiger partial charge in [0.25, 0.3) is 5.91 Å². The number of carbonyl (C=O) groups excluding carboxylic acids is 2. The highest BCUT2D eigenvalue weighted by atomic mass is 19.4. The van der Waals surface area contributed by atoms with Gasteiger partial charge in [0.05, 0.1) is 22.6 Å². The zero-order valence-corrected chi connectivity index (χ0v) is 16.7. The average molecular weight is 457 g/mol. The van der Waals surface area contributed by atoms with Gasteiger partial charge in [0, 0.05) is 30.3 Å². The van der Waals surface area contributed by atoms with Gasteiger partial charge >= 0.3 is 12.1 Å². The van der Waals surface area contributed by atoms with Gasteiger partial charge in [-0.1, -0.05) is 0 Å². The number of aromatic nitrogens is 2. The Balaban J connectivity index is 1.59. The second kappa shape index (κ2) is 7.69. The molecule has 0 saturated carbocycles. The van der Waals surface area contributed by atoms with E-state index in [9.17, 15) is 22.8 Å². The molecule has 4 heterocycles. The summed E-state index contributed by atoms with van der Waals surface area (Å²) in [5.41, 5.74) is 1.95. The molecule has 8 nitrogen and oxygen atoms in total. The number of rotatable bonds is 3. The lowest BCUT2D eigenvalue weighted by atomic mass is 10.1. The average Bonchev–Trinajstić information content (AvgIpc) is 3.18. The van der Waals surface area contributed by atoms with Gasteiger partial charge < -0.3 is 19.6 Å². The lowest BCUT2D eigenvalue weighted by Crippen LogP contribution is -2.37. The Kier molecular flexibility index (Phi) is 4.81. The molecule has 0 atom stereocenters. The highest BCUT2D eigenvalue weighted by Crippen LogP contribution is 2.36. The maximum atomic E-state index is 12.9. The number of nitrogens with one attached hydrogen (secondary N) is 1. The largest absolute Gasteiger partial charge is 0.493 e. The standard InChI is InChI=1S/C22H14F3N3O5/c23-22(24,25)21(30)33-28-16-4-6-27-20(29)14(16)11-17(28)13-3-5-26-15(9-13)12-1-2-18-19(10-12)32-8-7-31-18/h1-3,5,7-11H,4,6H2,(H,27,29). The molecule has 1 amide bonds. The number of fused-ring (bicyclic) bond motifs is 2. The van der Waals surface area contributed by atoms with Crippen LogP contribution < -0.4 is 19.6 Å². The molecule has 3 aromatic rings. The van der Waals surface area contributed by atoms with Crippen LogP contribution >= 0.6 is 0 Å². The third-order valence-electron chi connectivity index (χ3n) is 5.09. The summed E-state index contributed by atoms with van der Waals surface area (Å²) in [5, 5.41) is 2.62. The molecular formula is C22H14F3N3O5. The molecule has 2 aliphatic heterocycles. The summed E-state index contributed by atoms with van der Waals surface area (Å²) in [5.74, 6) is -1.86. The summed E-state index contributed by atoms with van der Waals surface area (Å²) in [6.07, 6.45) is -0.764. The molecule has 0 unspecified atom stereocenters. The summed E-state index contributed by atoms with van der Waals surface area (Å²) in [6.45, 7) is 0.200. The summed E-state index contributed by atoms with van der Waals surface area (Å²) >= 11 is 0. The molecule has 2 aromatic heterocycles. The number of carbonyl (C=O) groups is 2. The van der Waals surface area contributed by atoms with Crippen molar-refractivity contribution in [2.45, 2.75) is 12.6 Å². The van der Waals surface area contributed by atoms with Gasteiger partial charge in [0.1, 0.15) is 12.5 Å². The minimum Gasteiger partial charge on any atom is -0.458 e. The molecule has 0 saturated heterocycles. The molecule has 0 fully saturated rings. The number of nitrogens with zero attached hydrogens (tertiary/aromatic N) is 2. The number of benzene rings is 1. The van der Waals surface area contributed by atoms with Gasteiger partial charge in [0.15, 0.2) is 11.5 Å². The zero-order valence-electron chi connectivity index (χ0n) is 16.7. The minimum absolute atomic E-state index is 0.110. The van der Waals surface area contributed by atoms with Gasteiger partial charge in [-0.25, -0.2) is 4.79 Å². The Labute approximate surface area is 184 Å². The Bertz CT molecular complexity index is 1310.